The number of nitrogens with one attached hydrogen (secondary N) is 2. The van der Waals surface area contributed by atoms with Crippen molar-refractivity contribution in [1.82, 2.24) is 0 Å². The second kappa shape index (κ2) is 10.0. The van der Waals surface area contributed by atoms with Gasteiger partial charge in [-0.3, -0.25) is 14.9 Å². The van der Waals surface area contributed by atoms with Crippen molar-refractivity contribution in [2.75, 3.05) is 37.5 Å². The van der Waals surface area contributed by atoms with E-state index in [4.69, 9.17) is 9.47 Å². The summed E-state index contributed by atoms with van der Waals surface area (Å²) in [5.74, 6) is -1.34. The van der Waals surface area contributed by atoms with E-state index >= 15 is 0 Å². The van der Waals surface area contributed by atoms with Crippen LogP contribution < -0.4 is 10.6 Å². The van der Waals surface area contributed by atoms with Crippen LogP contribution in [0.4, 0.5) is 17.1 Å². The van der Waals surface area contributed by atoms with E-state index in [0.29, 0.717) is 18.8 Å². The Balaban J connectivity index is 1.97. The van der Waals surface area contributed by atoms with E-state index in [9.17, 15) is 19.7 Å². The van der Waals surface area contributed by atoms with Gasteiger partial charge in [0.2, 0.25) is 0 Å². The molecule has 2 aromatic carbocycles. The van der Waals surface area contributed by atoms with Crippen LogP contribution in [-0.2, 0) is 14.3 Å². The van der Waals surface area contributed by atoms with E-state index in [1.54, 1.807) is 12.1 Å². The van der Waals surface area contributed by atoms with Crippen LogP contribution in [0.5, 0.6) is 0 Å². The number of nitro groups is 1. The Kier molecular flexibility index (Phi) is 7.46. The lowest BCUT2D eigenvalue weighted by Gasteiger charge is -2.09. The Bertz CT molecular complexity index is 851. The van der Waals surface area contributed by atoms with E-state index in [0.717, 1.165) is 11.6 Å². The number of carbonyl (C=O) groups is 2. The molecule has 0 aliphatic carbocycles. The number of hydrogen-bond donors (Lipinski definition) is 2. The maximum atomic E-state index is 12.1. The van der Waals surface area contributed by atoms with Crippen LogP contribution in [0.25, 0.3) is 0 Å². The quantitative estimate of drug-likeness (QED) is 0.294. The summed E-state index contributed by atoms with van der Waals surface area (Å²) in [6, 6.07) is 11.0. The van der Waals surface area contributed by atoms with Crippen LogP contribution in [0.3, 0.4) is 0 Å². The standard InChI is InChI=1S/C19H21N3O6/c1-13-3-6-15(7-4-13)21-18(23)12-28-19(24)14-5-8-16(20-9-10-27-2)17(11-14)22(25)26/h3-8,11,20H,9-10,12H2,1-2H3,(H,21,23). The highest BCUT2D eigenvalue weighted by Crippen LogP contribution is 2.25. The summed E-state index contributed by atoms with van der Waals surface area (Å²) in [5.41, 5.74) is 1.59. The third kappa shape index (κ3) is 6.06. The summed E-state index contributed by atoms with van der Waals surface area (Å²) in [7, 11) is 1.52. The molecular formula is C19H21N3O6. The van der Waals surface area contributed by atoms with Crippen LogP contribution in [-0.4, -0.2) is 43.7 Å². The van der Waals surface area contributed by atoms with Gasteiger partial charge < -0.3 is 20.1 Å². The summed E-state index contributed by atoms with van der Waals surface area (Å²) >= 11 is 0. The fraction of sp³-hybridized carbons (Fsp3) is 0.263. The lowest BCUT2D eigenvalue weighted by Crippen LogP contribution is -2.21. The van der Waals surface area contributed by atoms with Crippen molar-refractivity contribution in [2.24, 2.45) is 0 Å². The number of hydrogen-bond acceptors (Lipinski definition) is 7. The summed E-state index contributed by atoms with van der Waals surface area (Å²) < 4.78 is 9.83. The number of amides is 1. The second-order valence-corrected chi connectivity index (χ2v) is 5.90. The van der Waals surface area contributed by atoms with Crippen molar-refractivity contribution >= 4 is 28.9 Å². The van der Waals surface area contributed by atoms with Gasteiger partial charge in [-0.15, -0.1) is 0 Å². The molecule has 0 saturated carbocycles. The highest BCUT2D eigenvalue weighted by atomic mass is 16.6. The number of carbonyl (C=O) groups excluding carboxylic acids is 2. The summed E-state index contributed by atoms with van der Waals surface area (Å²) in [5, 5.41) is 16.7. The van der Waals surface area contributed by atoms with E-state index in [-0.39, 0.29) is 16.9 Å². The fourth-order valence-electron chi connectivity index (χ4n) is 2.30. The van der Waals surface area contributed by atoms with Crippen LogP contribution >= 0.6 is 0 Å². The van der Waals surface area contributed by atoms with Gasteiger partial charge >= 0.3 is 5.97 Å². The lowest BCUT2D eigenvalue weighted by molar-refractivity contribution is -0.384. The molecule has 0 aliphatic rings. The molecule has 148 valence electrons. The molecule has 0 aromatic heterocycles. The number of nitro benzene ring substituents is 1. The van der Waals surface area contributed by atoms with Crippen molar-refractivity contribution in [3.05, 3.63) is 63.7 Å². The molecular weight excluding hydrogens is 366 g/mol. The molecule has 28 heavy (non-hydrogen) atoms. The zero-order valence-electron chi connectivity index (χ0n) is 15.6. The van der Waals surface area contributed by atoms with Crippen molar-refractivity contribution in [2.45, 2.75) is 6.92 Å². The lowest BCUT2D eigenvalue weighted by atomic mass is 10.1. The summed E-state index contributed by atoms with van der Waals surface area (Å²) in [4.78, 5) is 34.7. The molecule has 9 nitrogen and oxygen atoms in total. The minimum absolute atomic E-state index is 0.0212. The molecule has 2 aromatic rings. The maximum absolute atomic E-state index is 12.1. The number of benzene rings is 2. The van der Waals surface area contributed by atoms with Crippen LogP contribution in [0.15, 0.2) is 42.5 Å². The number of rotatable bonds is 9. The van der Waals surface area contributed by atoms with Gasteiger partial charge in [0.15, 0.2) is 6.61 Å². The SMILES string of the molecule is COCCNc1ccc(C(=O)OCC(=O)Nc2ccc(C)cc2)cc1[N+](=O)[O-]. The Hall–Kier alpha value is -3.46. The zero-order chi connectivity index (χ0) is 20.5. The normalized spacial score (nSPS) is 10.2. The highest BCUT2D eigenvalue weighted by molar-refractivity contribution is 5.96. The Labute approximate surface area is 161 Å². The van der Waals surface area contributed by atoms with Crippen LogP contribution in [0, 0.1) is 17.0 Å². The number of ether oxygens (including phenoxy) is 2. The van der Waals surface area contributed by atoms with Gasteiger partial charge in [-0.05, 0) is 31.2 Å². The number of esters is 1. The van der Waals surface area contributed by atoms with Gasteiger partial charge in [0, 0.05) is 25.4 Å². The van der Waals surface area contributed by atoms with E-state index in [2.05, 4.69) is 10.6 Å². The molecule has 9 heteroatoms. The molecule has 1 amide bonds. The third-order valence-electron chi connectivity index (χ3n) is 3.72. The zero-order valence-corrected chi connectivity index (χ0v) is 15.6. The molecule has 0 saturated heterocycles. The first-order valence-corrected chi connectivity index (χ1v) is 8.45. The van der Waals surface area contributed by atoms with Gasteiger partial charge in [-0.25, -0.2) is 4.79 Å². The number of aryl methyl sites for hydroxylation is 1. The number of anilines is 2. The minimum atomic E-state index is -0.828. The number of nitrogens with zero attached hydrogens (tertiary/aromatic N) is 1. The van der Waals surface area contributed by atoms with Crippen molar-refractivity contribution in [3.8, 4) is 0 Å². The molecule has 0 fully saturated rings. The average molecular weight is 387 g/mol. The minimum Gasteiger partial charge on any atom is -0.452 e. The molecule has 0 atom stereocenters. The predicted octanol–water partition coefficient (Wildman–Crippen LogP) is 2.76. The molecule has 0 aliphatic heterocycles. The Morgan fingerprint density at radius 1 is 1.14 bits per heavy atom. The molecule has 2 rings (SSSR count). The molecule has 0 bridgehead atoms. The molecule has 0 spiro atoms. The van der Waals surface area contributed by atoms with Gasteiger partial charge in [-0.1, -0.05) is 17.7 Å². The molecule has 0 unspecified atom stereocenters. The van der Waals surface area contributed by atoms with E-state index < -0.39 is 23.4 Å². The van der Waals surface area contributed by atoms with Gasteiger partial charge in [-0.2, -0.15) is 0 Å². The highest BCUT2D eigenvalue weighted by Gasteiger charge is 2.19. The predicted molar refractivity (Wildman–Crippen MR) is 104 cm³/mol. The first-order chi connectivity index (χ1) is 13.4. The topological polar surface area (TPSA) is 120 Å². The average Bonchev–Trinajstić information content (AvgIpc) is 2.68. The first-order valence-electron chi connectivity index (χ1n) is 8.45. The first kappa shape index (κ1) is 20.8. The van der Waals surface area contributed by atoms with E-state index in [1.807, 2.05) is 19.1 Å². The second-order valence-electron chi connectivity index (χ2n) is 5.90. The monoisotopic (exact) mass is 387 g/mol. The molecule has 0 radical (unpaired) electrons. The maximum Gasteiger partial charge on any atom is 0.338 e. The van der Waals surface area contributed by atoms with Gasteiger partial charge in [0.1, 0.15) is 5.69 Å². The number of methoxy groups -OCH3 is 1. The summed E-state index contributed by atoms with van der Waals surface area (Å²) in [6.07, 6.45) is 0. The smallest absolute Gasteiger partial charge is 0.338 e. The Morgan fingerprint density at radius 3 is 2.50 bits per heavy atom. The largest absolute Gasteiger partial charge is 0.452 e. The third-order valence-corrected chi connectivity index (χ3v) is 3.72. The van der Waals surface area contributed by atoms with Crippen molar-refractivity contribution < 1.29 is 24.0 Å². The van der Waals surface area contributed by atoms with Crippen LogP contribution in [0.2, 0.25) is 0 Å². The molecule has 2 N–H and O–H groups in total. The summed E-state index contributed by atoms with van der Waals surface area (Å²) in [6.45, 7) is 2.16. The fourth-order valence-corrected chi connectivity index (χ4v) is 2.30. The molecule has 0 heterocycles. The van der Waals surface area contributed by atoms with Gasteiger partial charge in [0.25, 0.3) is 11.6 Å². The Morgan fingerprint density at radius 2 is 1.86 bits per heavy atom. The van der Waals surface area contributed by atoms with Crippen molar-refractivity contribution in [3.63, 3.8) is 0 Å². The van der Waals surface area contributed by atoms with Gasteiger partial charge in [0.05, 0.1) is 17.1 Å². The van der Waals surface area contributed by atoms with Crippen molar-refractivity contribution in [1.29, 1.82) is 0 Å². The van der Waals surface area contributed by atoms with Crippen LogP contribution in [0.1, 0.15) is 15.9 Å². The van der Waals surface area contributed by atoms with E-state index in [1.165, 1.54) is 19.2 Å².